The number of sulfone groups is 1. The molecule has 0 aromatic carbocycles. The quantitative estimate of drug-likeness (QED) is 0.582. The molecule has 2 saturated heterocycles. The van der Waals surface area contributed by atoms with E-state index in [0.717, 1.165) is 19.4 Å². The van der Waals surface area contributed by atoms with Crippen molar-refractivity contribution < 1.29 is 13.2 Å². The van der Waals surface area contributed by atoms with Crippen molar-refractivity contribution >= 4 is 9.84 Å². The summed E-state index contributed by atoms with van der Waals surface area (Å²) in [5, 5.41) is 3.29. The summed E-state index contributed by atoms with van der Waals surface area (Å²) in [7, 11) is -2.83. The Kier molecular flexibility index (Phi) is 2.33. The molecule has 4 nitrogen and oxygen atoms in total. The summed E-state index contributed by atoms with van der Waals surface area (Å²) in [4.78, 5) is 0. The van der Waals surface area contributed by atoms with E-state index in [1.54, 1.807) is 0 Å². The van der Waals surface area contributed by atoms with Crippen molar-refractivity contribution in [1.29, 1.82) is 0 Å². The lowest BCUT2D eigenvalue weighted by atomic mass is 9.95. The molecule has 1 N–H and O–H groups in total. The summed E-state index contributed by atoms with van der Waals surface area (Å²) in [6.07, 6.45) is 1.69. The smallest absolute Gasteiger partial charge is 0.152 e. The molecule has 0 aliphatic carbocycles. The predicted molar refractivity (Wildman–Crippen MR) is 49.4 cm³/mol. The van der Waals surface area contributed by atoms with E-state index in [0.29, 0.717) is 19.0 Å². The Bertz CT molecular complexity index is 274. The van der Waals surface area contributed by atoms with E-state index in [-0.39, 0.29) is 11.3 Å². The molecule has 0 radical (unpaired) electrons. The van der Waals surface area contributed by atoms with Gasteiger partial charge in [0.05, 0.1) is 30.3 Å². The van der Waals surface area contributed by atoms with Crippen molar-refractivity contribution in [3.63, 3.8) is 0 Å². The molecule has 2 rings (SSSR count). The molecular weight excluding hydrogens is 190 g/mol. The van der Waals surface area contributed by atoms with Gasteiger partial charge in [-0.2, -0.15) is 0 Å². The third-order valence-corrected chi connectivity index (χ3v) is 4.63. The SMILES string of the molecule is O=S1(=O)CCCC2(COCCN2)C1. The lowest BCUT2D eigenvalue weighted by Crippen LogP contribution is -2.60. The van der Waals surface area contributed by atoms with E-state index in [4.69, 9.17) is 4.74 Å². The Labute approximate surface area is 78.6 Å². The van der Waals surface area contributed by atoms with Gasteiger partial charge in [0.2, 0.25) is 0 Å². The zero-order valence-corrected chi connectivity index (χ0v) is 8.40. The van der Waals surface area contributed by atoms with Crippen LogP contribution in [0, 0.1) is 0 Å². The molecular formula is C8H15NO3S. The zero-order valence-electron chi connectivity index (χ0n) is 7.58. The molecule has 1 atom stereocenters. The van der Waals surface area contributed by atoms with Gasteiger partial charge < -0.3 is 10.1 Å². The van der Waals surface area contributed by atoms with Crippen LogP contribution in [0.2, 0.25) is 0 Å². The van der Waals surface area contributed by atoms with Crippen molar-refractivity contribution in [3.8, 4) is 0 Å². The number of morpholine rings is 1. The van der Waals surface area contributed by atoms with Crippen LogP contribution in [-0.2, 0) is 14.6 Å². The second-order valence-electron chi connectivity index (χ2n) is 3.96. The van der Waals surface area contributed by atoms with Gasteiger partial charge in [-0.25, -0.2) is 8.42 Å². The molecule has 76 valence electrons. The highest BCUT2D eigenvalue weighted by molar-refractivity contribution is 7.91. The van der Waals surface area contributed by atoms with E-state index in [9.17, 15) is 8.42 Å². The molecule has 0 saturated carbocycles. The largest absolute Gasteiger partial charge is 0.378 e. The number of nitrogens with one attached hydrogen (secondary N) is 1. The normalized spacial score (nSPS) is 39.1. The molecule has 0 aromatic rings. The van der Waals surface area contributed by atoms with Gasteiger partial charge in [-0.15, -0.1) is 0 Å². The van der Waals surface area contributed by atoms with Crippen LogP contribution in [0.5, 0.6) is 0 Å². The molecule has 1 spiro atoms. The minimum atomic E-state index is -2.83. The van der Waals surface area contributed by atoms with Gasteiger partial charge in [-0.05, 0) is 12.8 Å². The van der Waals surface area contributed by atoms with Crippen molar-refractivity contribution in [1.82, 2.24) is 5.32 Å². The lowest BCUT2D eigenvalue weighted by molar-refractivity contribution is 0.0313. The van der Waals surface area contributed by atoms with Crippen molar-refractivity contribution in [3.05, 3.63) is 0 Å². The predicted octanol–water partition coefficient (Wildman–Crippen LogP) is -0.446. The van der Waals surface area contributed by atoms with Gasteiger partial charge in [0.25, 0.3) is 0 Å². The van der Waals surface area contributed by atoms with E-state index in [1.807, 2.05) is 0 Å². The Morgan fingerprint density at radius 1 is 1.38 bits per heavy atom. The van der Waals surface area contributed by atoms with Crippen LogP contribution in [0.1, 0.15) is 12.8 Å². The van der Waals surface area contributed by atoms with Crippen molar-refractivity contribution in [2.75, 3.05) is 31.3 Å². The maximum Gasteiger partial charge on any atom is 0.152 e. The summed E-state index contributed by atoms with van der Waals surface area (Å²) in [5.74, 6) is 0.594. The third kappa shape index (κ3) is 2.03. The average molecular weight is 205 g/mol. The van der Waals surface area contributed by atoms with Crippen LogP contribution in [0.4, 0.5) is 0 Å². The minimum Gasteiger partial charge on any atom is -0.378 e. The Balaban J connectivity index is 2.13. The van der Waals surface area contributed by atoms with Gasteiger partial charge in [-0.3, -0.25) is 0 Å². The van der Waals surface area contributed by atoms with Gasteiger partial charge in [0, 0.05) is 6.54 Å². The first-order chi connectivity index (χ1) is 6.12. The van der Waals surface area contributed by atoms with Gasteiger partial charge >= 0.3 is 0 Å². The van der Waals surface area contributed by atoms with E-state index in [2.05, 4.69) is 5.32 Å². The number of hydrogen-bond acceptors (Lipinski definition) is 4. The van der Waals surface area contributed by atoms with Crippen molar-refractivity contribution in [2.24, 2.45) is 0 Å². The summed E-state index contributed by atoms with van der Waals surface area (Å²) in [5.41, 5.74) is -0.269. The second kappa shape index (κ2) is 3.22. The van der Waals surface area contributed by atoms with Crippen LogP contribution < -0.4 is 5.32 Å². The highest BCUT2D eigenvalue weighted by Crippen LogP contribution is 2.24. The lowest BCUT2D eigenvalue weighted by Gasteiger charge is -2.40. The van der Waals surface area contributed by atoms with Crippen molar-refractivity contribution in [2.45, 2.75) is 18.4 Å². The van der Waals surface area contributed by atoms with Crippen LogP contribution in [0.15, 0.2) is 0 Å². The molecule has 0 amide bonds. The fraction of sp³-hybridized carbons (Fsp3) is 1.00. The van der Waals surface area contributed by atoms with Crippen LogP contribution in [0.3, 0.4) is 0 Å². The third-order valence-electron chi connectivity index (χ3n) is 2.73. The first-order valence-corrected chi connectivity index (χ1v) is 6.47. The minimum absolute atomic E-state index is 0.250. The summed E-state index contributed by atoms with van der Waals surface area (Å²) in [6.45, 7) is 2.02. The molecule has 5 heteroatoms. The molecule has 13 heavy (non-hydrogen) atoms. The van der Waals surface area contributed by atoms with Crippen LogP contribution in [-0.4, -0.2) is 45.2 Å². The molecule has 2 aliphatic heterocycles. The standard InChI is InChI=1S/C8H15NO3S/c10-13(11)5-1-2-8(7-13)6-12-4-3-9-8/h9H,1-7H2. The molecule has 0 aromatic heterocycles. The van der Waals surface area contributed by atoms with E-state index >= 15 is 0 Å². The number of hydrogen-bond donors (Lipinski definition) is 1. The Morgan fingerprint density at radius 3 is 2.85 bits per heavy atom. The Hall–Kier alpha value is -0.130. The summed E-state index contributed by atoms with van der Waals surface area (Å²) < 4.78 is 28.2. The molecule has 2 heterocycles. The number of rotatable bonds is 0. The van der Waals surface area contributed by atoms with Gasteiger partial charge in [0.1, 0.15) is 0 Å². The van der Waals surface area contributed by atoms with Gasteiger partial charge in [0.15, 0.2) is 9.84 Å². The highest BCUT2D eigenvalue weighted by Gasteiger charge is 2.40. The fourth-order valence-electron chi connectivity index (χ4n) is 2.16. The molecule has 0 bridgehead atoms. The fourth-order valence-corrected chi connectivity index (χ4v) is 4.06. The van der Waals surface area contributed by atoms with Crippen LogP contribution in [0.25, 0.3) is 0 Å². The number of ether oxygens (including phenoxy) is 1. The first kappa shape index (κ1) is 9.43. The van der Waals surface area contributed by atoms with Gasteiger partial charge in [-0.1, -0.05) is 0 Å². The summed E-state index contributed by atoms with van der Waals surface area (Å²) >= 11 is 0. The second-order valence-corrected chi connectivity index (χ2v) is 6.14. The maximum atomic E-state index is 11.4. The van der Waals surface area contributed by atoms with E-state index in [1.165, 1.54) is 0 Å². The molecule has 1 unspecified atom stereocenters. The zero-order chi connectivity index (χ0) is 9.36. The monoisotopic (exact) mass is 205 g/mol. The average Bonchev–Trinajstić information content (AvgIpc) is 2.03. The van der Waals surface area contributed by atoms with Crippen LogP contribution >= 0.6 is 0 Å². The Morgan fingerprint density at radius 2 is 2.23 bits per heavy atom. The first-order valence-electron chi connectivity index (χ1n) is 4.65. The topological polar surface area (TPSA) is 55.4 Å². The summed E-state index contributed by atoms with van der Waals surface area (Å²) in [6, 6.07) is 0. The highest BCUT2D eigenvalue weighted by atomic mass is 32.2. The molecule has 2 aliphatic rings. The molecule has 2 fully saturated rings. The maximum absolute atomic E-state index is 11.4. The van der Waals surface area contributed by atoms with E-state index < -0.39 is 9.84 Å².